The molecule has 0 radical (unpaired) electrons. The zero-order valence-corrected chi connectivity index (χ0v) is 12.8. The molecule has 0 fully saturated rings. The number of nitrogens with one attached hydrogen (secondary N) is 1. The van der Waals surface area contributed by atoms with Gasteiger partial charge in [0.1, 0.15) is 6.04 Å². The van der Waals surface area contributed by atoms with E-state index in [4.69, 9.17) is 5.11 Å². The van der Waals surface area contributed by atoms with Crippen LogP contribution in [0.3, 0.4) is 0 Å². The van der Waals surface area contributed by atoms with E-state index in [1.54, 1.807) is 0 Å². The van der Waals surface area contributed by atoms with Gasteiger partial charge in [-0.05, 0) is 13.3 Å². The van der Waals surface area contributed by atoms with Gasteiger partial charge in [0.15, 0.2) is 0 Å². The van der Waals surface area contributed by atoms with Crippen molar-refractivity contribution < 1.29 is 19.5 Å². The van der Waals surface area contributed by atoms with E-state index >= 15 is 0 Å². The highest BCUT2D eigenvalue weighted by molar-refractivity contribution is 5.73. The minimum absolute atomic E-state index is 0.342. The quantitative estimate of drug-likeness (QED) is 0.401. The van der Waals surface area contributed by atoms with Crippen molar-refractivity contribution in [2.24, 2.45) is 0 Å². The Bertz CT molecular complexity index is 269. The van der Waals surface area contributed by atoms with Crippen LogP contribution in [0.15, 0.2) is 0 Å². The van der Waals surface area contributed by atoms with Crippen molar-refractivity contribution >= 4 is 11.9 Å². The summed E-state index contributed by atoms with van der Waals surface area (Å²) in [6.45, 7) is 3.64. The number of hydroxylamine groups is 1. The summed E-state index contributed by atoms with van der Waals surface area (Å²) in [6.07, 6.45) is 11.1. The molecule has 0 saturated heterocycles. The van der Waals surface area contributed by atoms with Crippen LogP contribution >= 0.6 is 0 Å². The molecule has 0 aliphatic carbocycles. The second-order valence-electron chi connectivity index (χ2n) is 5.23. The maximum Gasteiger partial charge on any atom is 0.324 e. The largest absolute Gasteiger partial charge is 0.480 e. The summed E-state index contributed by atoms with van der Waals surface area (Å²) in [4.78, 5) is 26.5. The number of rotatable bonds is 13. The van der Waals surface area contributed by atoms with E-state index in [9.17, 15) is 9.59 Å². The normalized spacial score (nSPS) is 12.1. The molecule has 0 saturated carbocycles. The average Bonchev–Trinajstić information content (AvgIpc) is 2.42. The molecule has 0 unspecified atom stereocenters. The van der Waals surface area contributed by atoms with Crippen LogP contribution in [0.2, 0.25) is 0 Å². The zero-order chi connectivity index (χ0) is 15.2. The molecule has 20 heavy (non-hydrogen) atoms. The van der Waals surface area contributed by atoms with Gasteiger partial charge in [-0.3, -0.25) is 9.59 Å². The number of unbranched alkanes of at least 4 members (excludes halogenated alkanes) is 8. The minimum atomic E-state index is -1.04. The van der Waals surface area contributed by atoms with E-state index in [-0.39, 0.29) is 5.97 Å². The van der Waals surface area contributed by atoms with Crippen LogP contribution in [0.4, 0.5) is 0 Å². The summed E-state index contributed by atoms with van der Waals surface area (Å²) in [5.74, 6) is -1.43. The van der Waals surface area contributed by atoms with Gasteiger partial charge < -0.3 is 9.94 Å². The van der Waals surface area contributed by atoms with Gasteiger partial charge in [0.05, 0.1) is 0 Å². The summed E-state index contributed by atoms with van der Waals surface area (Å²) in [7, 11) is 0. The molecule has 0 aliphatic rings. The number of carbonyl (C=O) groups excluding carboxylic acids is 1. The van der Waals surface area contributed by atoms with E-state index in [1.807, 2.05) is 0 Å². The molecule has 0 aliphatic heterocycles. The van der Waals surface area contributed by atoms with Crippen LogP contribution in [0.5, 0.6) is 0 Å². The molecule has 1 atom stereocenters. The fourth-order valence-corrected chi connectivity index (χ4v) is 1.84. The van der Waals surface area contributed by atoms with Gasteiger partial charge in [0.2, 0.25) is 0 Å². The molecule has 2 N–H and O–H groups in total. The van der Waals surface area contributed by atoms with Crippen LogP contribution in [-0.4, -0.2) is 23.1 Å². The molecule has 5 heteroatoms. The molecule has 0 aromatic heterocycles. The third kappa shape index (κ3) is 12.0. The molecule has 0 spiro atoms. The van der Waals surface area contributed by atoms with Crippen LogP contribution in [0.1, 0.15) is 78.1 Å². The van der Waals surface area contributed by atoms with Gasteiger partial charge in [-0.1, -0.05) is 58.3 Å². The maximum absolute atomic E-state index is 11.3. The molecule has 0 amide bonds. The molecule has 118 valence electrons. The lowest BCUT2D eigenvalue weighted by Gasteiger charge is -2.08. The average molecular weight is 287 g/mol. The molecule has 0 aromatic carbocycles. The van der Waals surface area contributed by atoms with Gasteiger partial charge in [0, 0.05) is 6.42 Å². The Kier molecular flexibility index (Phi) is 12.2. The van der Waals surface area contributed by atoms with Crippen molar-refractivity contribution in [1.82, 2.24) is 5.48 Å². The summed E-state index contributed by atoms with van der Waals surface area (Å²) in [5, 5.41) is 8.59. The first kappa shape index (κ1) is 18.9. The highest BCUT2D eigenvalue weighted by Gasteiger charge is 2.12. The van der Waals surface area contributed by atoms with Gasteiger partial charge in [0.25, 0.3) is 0 Å². The van der Waals surface area contributed by atoms with Crippen molar-refractivity contribution in [3.05, 3.63) is 0 Å². The van der Waals surface area contributed by atoms with Gasteiger partial charge in [-0.15, -0.1) is 5.48 Å². The molecular formula is C15H29NO4. The minimum Gasteiger partial charge on any atom is -0.480 e. The molecular weight excluding hydrogens is 258 g/mol. The Morgan fingerprint density at radius 3 is 2.00 bits per heavy atom. The Balaban J connectivity index is 3.29. The molecule has 0 heterocycles. The standard InChI is InChI=1S/C15H29NO4/c1-3-4-5-6-7-8-9-10-11-12-14(17)20-16-13(2)15(18)19/h13,16H,3-12H2,1-2H3,(H,18,19)/t13-/m0/s1. The summed E-state index contributed by atoms with van der Waals surface area (Å²) in [6, 6.07) is -0.873. The van der Waals surface area contributed by atoms with Gasteiger partial charge in [-0.2, -0.15) is 0 Å². The third-order valence-electron chi connectivity index (χ3n) is 3.20. The summed E-state index contributed by atoms with van der Waals surface area (Å²) < 4.78 is 0. The number of hydrogen-bond donors (Lipinski definition) is 2. The van der Waals surface area contributed by atoms with Crippen molar-refractivity contribution in [3.63, 3.8) is 0 Å². The monoisotopic (exact) mass is 287 g/mol. The maximum atomic E-state index is 11.3. The lowest BCUT2D eigenvalue weighted by Crippen LogP contribution is -2.35. The fourth-order valence-electron chi connectivity index (χ4n) is 1.84. The number of aliphatic carboxylic acids is 1. The fraction of sp³-hybridized carbons (Fsp3) is 0.867. The lowest BCUT2D eigenvalue weighted by molar-refractivity contribution is -0.157. The highest BCUT2D eigenvalue weighted by atomic mass is 16.7. The highest BCUT2D eigenvalue weighted by Crippen LogP contribution is 2.10. The Hall–Kier alpha value is -1.10. The molecule has 0 rings (SSSR count). The summed E-state index contributed by atoms with van der Waals surface area (Å²) >= 11 is 0. The van der Waals surface area contributed by atoms with E-state index in [0.29, 0.717) is 6.42 Å². The van der Waals surface area contributed by atoms with Crippen LogP contribution < -0.4 is 5.48 Å². The Morgan fingerprint density at radius 1 is 1.00 bits per heavy atom. The number of carbonyl (C=O) groups is 2. The van der Waals surface area contributed by atoms with Crippen LogP contribution in [0, 0.1) is 0 Å². The van der Waals surface area contributed by atoms with E-state index in [0.717, 1.165) is 19.3 Å². The SMILES string of the molecule is CCCCCCCCCCCC(=O)ON[C@@H](C)C(=O)O. The third-order valence-corrected chi connectivity index (χ3v) is 3.20. The first-order valence-electron chi connectivity index (χ1n) is 7.76. The van der Waals surface area contributed by atoms with Crippen LogP contribution in [-0.2, 0) is 14.4 Å². The van der Waals surface area contributed by atoms with Crippen molar-refractivity contribution in [2.45, 2.75) is 84.1 Å². The number of carboxylic acid groups (broad SMARTS) is 1. The van der Waals surface area contributed by atoms with E-state index in [1.165, 1.54) is 45.4 Å². The van der Waals surface area contributed by atoms with E-state index in [2.05, 4.69) is 17.2 Å². The van der Waals surface area contributed by atoms with Crippen molar-refractivity contribution in [2.75, 3.05) is 0 Å². The van der Waals surface area contributed by atoms with Crippen molar-refractivity contribution in [3.8, 4) is 0 Å². The second-order valence-corrected chi connectivity index (χ2v) is 5.23. The van der Waals surface area contributed by atoms with Crippen molar-refractivity contribution in [1.29, 1.82) is 0 Å². The van der Waals surface area contributed by atoms with Gasteiger partial charge in [-0.25, -0.2) is 0 Å². The van der Waals surface area contributed by atoms with Gasteiger partial charge >= 0.3 is 11.9 Å². The predicted octanol–water partition coefficient (Wildman–Crippen LogP) is 3.43. The Labute approximate surface area is 122 Å². The first-order valence-corrected chi connectivity index (χ1v) is 7.76. The number of carboxylic acids is 1. The molecule has 0 bridgehead atoms. The smallest absolute Gasteiger partial charge is 0.324 e. The topological polar surface area (TPSA) is 75.6 Å². The lowest BCUT2D eigenvalue weighted by atomic mass is 10.1. The van der Waals surface area contributed by atoms with E-state index < -0.39 is 12.0 Å². The molecule has 0 aromatic rings. The number of hydrogen-bond acceptors (Lipinski definition) is 4. The summed E-state index contributed by atoms with van der Waals surface area (Å²) in [5.41, 5.74) is 2.21. The zero-order valence-electron chi connectivity index (χ0n) is 12.8. The van der Waals surface area contributed by atoms with Crippen LogP contribution in [0.25, 0.3) is 0 Å². The Morgan fingerprint density at radius 2 is 1.50 bits per heavy atom. The second kappa shape index (κ2) is 12.9. The predicted molar refractivity (Wildman–Crippen MR) is 78.2 cm³/mol. The molecule has 5 nitrogen and oxygen atoms in total. The first-order chi connectivity index (χ1) is 9.57.